The Bertz CT molecular complexity index is 645. The summed E-state index contributed by atoms with van der Waals surface area (Å²) < 4.78 is 33.7. The van der Waals surface area contributed by atoms with Gasteiger partial charge in [-0.2, -0.15) is 8.42 Å². The molecule has 164 valence electrons. The fourth-order valence-electron chi connectivity index (χ4n) is 2.25. The molecule has 0 aromatic rings. The first-order chi connectivity index (χ1) is 12.8. The fraction of sp³-hybridized carbons (Fsp3) is 0.824. The van der Waals surface area contributed by atoms with Crippen molar-refractivity contribution < 1.29 is 41.9 Å². The van der Waals surface area contributed by atoms with Gasteiger partial charge in [-0.3, -0.25) is 13.8 Å². The molecular weight excluding hydrogens is 394 g/mol. The maximum Gasteiger partial charge on any atom is 0.336 e. The molecule has 3 N–H and O–H groups in total. The molecule has 0 heterocycles. The molecule has 0 spiro atoms. The van der Waals surface area contributed by atoms with E-state index in [1.165, 1.54) is 20.8 Å². The number of ether oxygens (including phenoxy) is 1. The lowest BCUT2D eigenvalue weighted by Crippen LogP contribution is -2.54. The molecular formula is C17H31NO9S. The van der Waals surface area contributed by atoms with E-state index in [-0.39, 0.29) is 37.7 Å². The first kappa shape index (κ1) is 26.3. The normalized spacial score (nSPS) is 14.2. The Hall–Kier alpha value is -1.72. The summed E-state index contributed by atoms with van der Waals surface area (Å²) in [5.41, 5.74) is -3.87. The van der Waals surface area contributed by atoms with Crippen molar-refractivity contribution in [3.63, 3.8) is 0 Å². The number of hydrogen-bond donors (Lipinski definition) is 3. The standard InChI is InChI=1S/C17H31NO9S/c1-5-7-14(20)26-10-8-17(23,15(21)22)16(3,4)12-27-28(24,25)11-6-9-18-13(2)19/h23H,5-12H2,1-4H3,(H,18,19)(H,21,22)/t17-/m0/s1. The molecule has 1 atom stereocenters. The van der Waals surface area contributed by atoms with Crippen LogP contribution in [-0.2, 0) is 33.4 Å². The van der Waals surface area contributed by atoms with Crippen LogP contribution in [0.25, 0.3) is 0 Å². The van der Waals surface area contributed by atoms with Crippen LogP contribution < -0.4 is 5.32 Å². The van der Waals surface area contributed by atoms with Crippen molar-refractivity contribution in [2.24, 2.45) is 5.41 Å². The van der Waals surface area contributed by atoms with Gasteiger partial charge in [0.05, 0.1) is 19.0 Å². The Labute approximate surface area is 165 Å². The van der Waals surface area contributed by atoms with Crippen molar-refractivity contribution in [3.05, 3.63) is 0 Å². The number of carbonyl (C=O) groups is 3. The molecule has 11 heteroatoms. The highest BCUT2D eigenvalue weighted by molar-refractivity contribution is 7.86. The Kier molecular flexibility index (Phi) is 10.6. The number of amides is 1. The van der Waals surface area contributed by atoms with Gasteiger partial charge in [-0.1, -0.05) is 20.8 Å². The minimum atomic E-state index is -3.98. The second-order valence-electron chi connectivity index (χ2n) is 7.13. The van der Waals surface area contributed by atoms with E-state index in [1.807, 2.05) is 0 Å². The molecule has 0 fully saturated rings. The summed E-state index contributed by atoms with van der Waals surface area (Å²) in [5, 5.41) is 22.5. The van der Waals surface area contributed by atoms with Crippen molar-refractivity contribution in [1.82, 2.24) is 5.32 Å². The van der Waals surface area contributed by atoms with E-state index in [2.05, 4.69) is 5.32 Å². The van der Waals surface area contributed by atoms with Crippen molar-refractivity contribution in [3.8, 4) is 0 Å². The highest BCUT2D eigenvalue weighted by Gasteiger charge is 2.50. The molecule has 0 radical (unpaired) electrons. The predicted molar refractivity (Wildman–Crippen MR) is 99.9 cm³/mol. The van der Waals surface area contributed by atoms with E-state index in [0.717, 1.165) is 0 Å². The maximum absolute atomic E-state index is 12.0. The molecule has 0 aliphatic carbocycles. The third kappa shape index (κ3) is 8.98. The van der Waals surface area contributed by atoms with E-state index in [0.29, 0.717) is 6.42 Å². The van der Waals surface area contributed by atoms with Crippen molar-refractivity contribution in [2.75, 3.05) is 25.5 Å². The van der Waals surface area contributed by atoms with Crippen LogP contribution in [0.4, 0.5) is 0 Å². The van der Waals surface area contributed by atoms with E-state index >= 15 is 0 Å². The molecule has 1 amide bonds. The molecule has 0 unspecified atom stereocenters. The van der Waals surface area contributed by atoms with Gasteiger partial charge in [0.1, 0.15) is 0 Å². The zero-order valence-corrected chi connectivity index (χ0v) is 17.6. The summed E-state index contributed by atoms with van der Waals surface area (Å²) in [5.74, 6) is -2.74. The van der Waals surface area contributed by atoms with Crippen molar-refractivity contribution in [1.29, 1.82) is 0 Å². The number of nitrogens with one attached hydrogen (secondary N) is 1. The molecule has 0 aromatic heterocycles. The van der Waals surface area contributed by atoms with Crippen LogP contribution in [-0.4, -0.2) is 67.6 Å². The fourth-order valence-corrected chi connectivity index (χ4v) is 3.34. The van der Waals surface area contributed by atoms with Gasteiger partial charge < -0.3 is 20.3 Å². The van der Waals surface area contributed by atoms with Crippen LogP contribution in [0.2, 0.25) is 0 Å². The first-order valence-electron chi connectivity index (χ1n) is 9.00. The monoisotopic (exact) mass is 425 g/mol. The third-order valence-electron chi connectivity index (χ3n) is 4.20. The van der Waals surface area contributed by atoms with Gasteiger partial charge in [0.15, 0.2) is 5.60 Å². The molecule has 0 aromatic carbocycles. The number of esters is 1. The number of carboxylic acid groups (broad SMARTS) is 1. The SMILES string of the molecule is CCCC(=O)OCC[C@](O)(C(=O)O)C(C)(C)COS(=O)(=O)CCCNC(C)=O. The summed E-state index contributed by atoms with van der Waals surface area (Å²) in [6.07, 6.45) is 0.450. The van der Waals surface area contributed by atoms with E-state index in [1.54, 1.807) is 6.92 Å². The Morgan fingerprint density at radius 2 is 1.79 bits per heavy atom. The summed E-state index contributed by atoms with van der Waals surface area (Å²) in [4.78, 5) is 33.8. The first-order valence-corrected chi connectivity index (χ1v) is 10.6. The Morgan fingerprint density at radius 3 is 2.29 bits per heavy atom. The molecule has 28 heavy (non-hydrogen) atoms. The van der Waals surface area contributed by atoms with Gasteiger partial charge in [-0.05, 0) is 12.8 Å². The minimum Gasteiger partial charge on any atom is -0.479 e. The zero-order chi connectivity index (χ0) is 22.0. The molecule has 0 saturated carbocycles. The highest BCUT2D eigenvalue weighted by atomic mass is 32.2. The number of rotatable bonds is 14. The van der Waals surface area contributed by atoms with Crippen LogP contribution in [0.5, 0.6) is 0 Å². The summed E-state index contributed by atoms with van der Waals surface area (Å²) >= 11 is 0. The van der Waals surface area contributed by atoms with Crippen LogP contribution in [0, 0.1) is 5.41 Å². The van der Waals surface area contributed by atoms with Gasteiger partial charge in [-0.15, -0.1) is 0 Å². The molecule has 0 bridgehead atoms. The lowest BCUT2D eigenvalue weighted by atomic mass is 9.73. The largest absolute Gasteiger partial charge is 0.479 e. The average Bonchev–Trinajstić information content (AvgIpc) is 2.57. The topological polar surface area (TPSA) is 156 Å². The highest BCUT2D eigenvalue weighted by Crippen LogP contribution is 2.35. The number of carboxylic acids is 1. The number of carbonyl (C=O) groups excluding carboxylic acids is 2. The second-order valence-corrected chi connectivity index (χ2v) is 8.89. The van der Waals surface area contributed by atoms with E-state index in [4.69, 9.17) is 8.92 Å². The minimum absolute atomic E-state index is 0.124. The molecule has 0 saturated heterocycles. The van der Waals surface area contributed by atoms with Crippen LogP contribution in [0.1, 0.15) is 53.4 Å². The summed E-state index contributed by atoms with van der Waals surface area (Å²) in [7, 11) is -3.98. The second kappa shape index (κ2) is 11.3. The smallest absolute Gasteiger partial charge is 0.336 e. The third-order valence-corrected chi connectivity index (χ3v) is 5.46. The summed E-state index contributed by atoms with van der Waals surface area (Å²) in [6, 6.07) is 0. The molecule has 0 aliphatic rings. The average molecular weight is 426 g/mol. The predicted octanol–water partition coefficient (Wildman–Crippen LogP) is 0.434. The quantitative estimate of drug-likeness (QED) is 0.204. The van der Waals surface area contributed by atoms with Gasteiger partial charge >= 0.3 is 11.9 Å². The van der Waals surface area contributed by atoms with Crippen molar-refractivity contribution in [2.45, 2.75) is 59.0 Å². The number of aliphatic hydroxyl groups is 1. The van der Waals surface area contributed by atoms with E-state index < -0.39 is 46.1 Å². The van der Waals surface area contributed by atoms with Crippen LogP contribution >= 0.6 is 0 Å². The lowest BCUT2D eigenvalue weighted by molar-refractivity contribution is -0.180. The zero-order valence-electron chi connectivity index (χ0n) is 16.8. The number of hydrogen-bond acceptors (Lipinski definition) is 8. The van der Waals surface area contributed by atoms with Gasteiger partial charge in [0.25, 0.3) is 10.1 Å². The van der Waals surface area contributed by atoms with Crippen LogP contribution in [0.3, 0.4) is 0 Å². The van der Waals surface area contributed by atoms with Crippen molar-refractivity contribution >= 4 is 28.0 Å². The van der Waals surface area contributed by atoms with E-state index in [9.17, 15) is 33.0 Å². The Morgan fingerprint density at radius 1 is 1.18 bits per heavy atom. The maximum atomic E-state index is 12.0. The van der Waals surface area contributed by atoms with Gasteiger partial charge in [-0.25, -0.2) is 4.79 Å². The molecule has 0 rings (SSSR count). The van der Waals surface area contributed by atoms with Gasteiger partial charge in [0.2, 0.25) is 5.91 Å². The van der Waals surface area contributed by atoms with Crippen LogP contribution in [0.15, 0.2) is 0 Å². The Balaban J connectivity index is 4.86. The number of aliphatic carboxylic acids is 1. The van der Waals surface area contributed by atoms with Gasteiger partial charge in [0, 0.05) is 31.7 Å². The summed E-state index contributed by atoms with van der Waals surface area (Å²) in [6.45, 7) is 5.04. The molecule has 10 nitrogen and oxygen atoms in total. The lowest BCUT2D eigenvalue weighted by Gasteiger charge is -2.38. The molecule has 0 aliphatic heterocycles.